The minimum Gasteiger partial charge on any atom is -0.495 e. The highest BCUT2D eigenvalue weighted by atomic mass is 19.4. The lowest BCUT2D eigenvalue weighted by Gasteiger charge is -2.33. The maximum absolute atomic E-state index is 14.0. The number of esters is 1. The summed E-state index contributed by atoms with van der Waals surface area (Å²) < 4.78 is 68.6. The summed E-state index contributed by atoms with van der Waals surface area (Å²) in [6.45, 7) is 1.57. The van der Waals surface area contributed by atoms with Gasteiger partial charge in [-0.15, -0.1) is 0 Å². The van der Waals surface area contributed by atoms with E-state index in [1.54, 1.807) is 37.4 Å². The predicted octanol–water partition coefficient (Wildman–Crippen LogP) is 5.79. The van der Waals surface area contributed by atoms with Crippen LogP contribution in [-0.4, -0.2) is 44.1 Å². The van der Waals surface area contributed by atoms with Crippen LogP contribution in [0.25, 0.3) is 22.0 Å². The summed E-state index contributed by atoms with van der Waals surface area (Å²) in [4.78, 5) is 17.2. The van der Waals surface area contributed by atoms with Crippen LogP contribution in [-0.2, 0) is 19.9 Å². The molecule has 0 saturated carbocycles. The monoisotopic (exact) mass is 503 g/mol. The molecule has 0 fully saturated rings. The van der Waals surface area contributed by atoms with Crippen LogP contribution in [0.15, 0.2) is 65.3 Å². The van der Waals surface area contributed by atoms with Gasteiger partial charge in [0.15, 0.2) is 0 Å². The number of nitrogens with zero attached hydrogens (tertiary/aromatic N) is 1. The molecule has 0 aliphatic carbocycles. The van der Waals surface area contributed by atoms with Crippen LogP contribution in [0, 0.1) is 0 Å². The summed E-state index contributed by atoms with van der Waals surface area (Å²) in [6, 6.07) is 13.7. The van der Waals surface area contributed by atoms with Crippen molar-refractivity contribution < 1.29 is 41.3 Å². The van der Waals surface area contributed by atoms with Gasteiger partial charge in [-0.3, -0.25) is 0 Å². The predicted molar refractivity (Wildman–Crippen MR) is 125 cm³/mol. The summed E-state index contributed by atoms with van der Waals surface area (Å²) in [7, 11) is 2.39. The molecule has 0 aliphatic rings. The van der Waals surface area contributed by atoms with Crippen LogP contribution in [0.4, 0.5) is 13.2 Å². The number of benzene rings is 2. The first kappa shape index (κ1) is 25.3. The Morgan fingerprint density at radius 1 is 1.06 bits per heavy atom. The highest BCUT2D eigenvalue weighted by Crippen LogP contribution is 2.43. The first-order chi connectivity index (χ1) is 17.2. The van der Waals surface area contributed by atoms with Crippen LogP contribution >= 0.6 is 0 Å². The summed E-state index contributed by atoms with van der Waals surface area (Å²) in [5.41, 5.74) is -2.59. The van der Waals surface area contributed by atoms with Gasteiger partial charge in [-0.25, -0.2) is 9.78 Å². The maximum Gasteiger partial charge on any atom is 0.432 e. The van der Waals surface area contributed by atoms with Gasteiger partial charge in [-0.1, -0.05) is 30.3 Å². The van der Waals surface area contributed by atoms with Crippen LogP contribution in [0.5, 0.6) is 11.5 Å². The second kappa shape index (κ2) is 10.1. The molecule has 10 heteroatoms. The maximum atomic E-state index is 14.0. The van der Waals surface area contributed by atoms with Crippen LogP contribution in [0.3, 0.4) is 0 Å². The van der Waals surface area contributed by atoms with Crippen molar-refractivity contribution in [1.29, 1.82) is 0 Å². The first-order valence-corrected chi connectivity index (χ1v) is 11.1. The molecular formula is C26H24F3NO6. The Labute approximate surface area is 204 Å². The number of pyridine rings is 1. The van der Waals surface area contributed by atoms with E-state index < -0.39 is 23.9 Å². The van der Waals surface area contributed by atoms with Gasteiger partial charge in [-0.05, 0) is 25.1 Å². The first-order valence-electron chi connectivity index (χ1n) is 11.1. The highest BCUT2D eigenvalue weighted by molar-refractivity contribution is 5.99. The number of ether oxygens (including phenoxy) is 4. The van der Waals surface area contributed by atoms with E-state index in [2.05, 4.69) is 4.98 Å². The van der Waals surface area contributed by atoms with E-state index in [0.717, 1.165) is 17.9 Å². The Hall–Kier alpha value is -3.79. The quantitative estimate of drug-likeness (QED) is 0.267. The van der Waals surface area contributed by atoms with Crippen molar-refractivity contribution in [2.45, 2.75) is 31.2 Å². The van der Waals surface area contributed by atoms with Gasteiger partial charge in [-0.2, -0.15) is 13.2 Å². The topological polar surface area (TPSA) is 80.0 Å². The molecule has 190 valence electrons. The van der Waals surface area contributed by atoms with Crippen LogP contribution in [0.1, 0.15) is 18.9 Å². The number of fused-ring (bicyclic) bond motifs is 2. The Morgan fingerprint density at radius 2 is 1.81 bits per heavy atom. The third kappa shape index (κ3) is 4.56. The van der Waals surface area contributed by atoms with E-state index in [1.165, 1.54) is 37.5 Å². The Balaban J connectivity index is 1.44. The Morgan fingerprint density at radius 3 is 2.47 bits per heavy atom. The minimum absolute atomic E-state index is 0.0808. The van der Waals surface area contributed by atoms with Gasteiger partial charge in [0.25, 0.3) is 5.60 Å². The number of carbonyl (C=O) groups is 1. The molecule has 0 unspecified atom stereocenters. The number of alkyl halides is 3. The molecule has 0 aliphatic heterocycles. The van der Waals surface area contributed by atoms with Gasteiger partial charge in [0.2, 0.25) is 5.71 Å². The van der Waals surface area contributed by atoms with E-state index >= 15 is 0 Å². The second-order valence-corrected chi connectivity index (χ2v) is 8.07. The van der Waals surface area contributed by atoms with Crippen LogP contribution in [0.2, 0.25) is 0 Å². The number of furan rings is 1. The molecule has 36 heavy (non-hydrogen) atoms. The summed E-state index contributed by atoms with van der Waals surface area (Å²) in [5, 5.41) is 1.51. The summed E-state index contributed by atoms with van der Waals surface area (Å²) in [5.74, 6) is -0.437. The average molecular weight is 503 g/mol. The molecule has 7 nitrogen and oxygen atoms in total. The molecule has 0 amide bonds. The van der Waals surface area contributed by atoms with Crippen molar-refractivity contribution in [1.82, 2.24) is 4.98 Å². The average Bonchev–Trinajstić information content (AvgIpc) is 3.31. The molecule has 2 aromatic heterocycles. The normalized spacial score (nSPS) is 14.4. The molecule has 0 spiro atoms. The minimum atomic E-state index is -5.03. The second-order valence-electron chi connectivity index (χ2n) is 8.07. The fraction of sp³-hybridized carbons (Fsp3) is 0.308. The fourth-order valence-corrected chi connectivity index (χ4v) is 3.98. The third-order valence-electron chi connectivity index (χ3n) is 5.80. The molecule has 2 atom stereocenters. The molecular weight excluding hydrogens is 479 g/mol. The zero-order valence-corrected chi connectivity index (χ0v) is 19.8. The number of hydrogen-bond donors (Lipinski definition) is 0. The van der Waals surface area contributed by atoms with Gasteiger partial charge >= 0.3 is 12.1 Å². The summed E-state index contributed by atoms with van der Waals surface area (Å²) >= 11 is 0. The molecule has 0 N–H and O–H groups in total. The van der Waals surface area contributed by atoms with Crippen molar-refractivity contribution in [3.63, 3.8) is 0 Å². The zero-order chi connectivity index (χ0) is 25.9. The van der Waals surface area contributed by atoms with Crippen molar-refractivity contribution in [3.05, 3.63) is 66.4 Å². The highest BCUT2D eigenvalue weighted by Gasteiger charge is 2.64. The standard InChI is InChI=1S/C26H24F3NO6/c1-16(36-24(31)25(33-3,26(27,28)29)17-7-5-4-6-8-17)11-13-34-18-9-10-19-21(15-18)30-23-20(12-14-35-23)22(19)32-2/h4-10,12,14-16H,11,13H2,1-3H3/t16-,25+/m0/s1. The van der Waals surface area contributed by atoms with Gasteiger partial charge < -0.3 is 23.4 Å². The van der Waals surface area contributed by atoms with E-state index in [4.69, 9.17) is 23.4 Å². The lowest BCUT2D eigenvalue weighted by molar-refractivity contribution is -0.278. The number of aromatic nitrogens is 1. The SMILES string of the molecule is COc1c2ccc(OCC[C@H](C)OC(=O)[C@](OC)(c3ccccc3)C(F)(F)F)cc2nc2occc12. The number of hydrogen-bond acceptors (Lipinski definition) is 7. The smallest absolute Gasteiger partial charge is 0.432 e. The molecule has 0 saturated heterocycles. The van der Waals surface area contributed by atoms with Gasteiger partial charge in [0.1, 0.15) is 17.6 Å². The van der Waals surface area contributed by atoms with E-state index in [9.17, 15) is 18.0 Å². The largest absolute Gasteiger partial charge is 0.495 e. The Bertz CT molecular complexity index is 1350. The lowest BCUT2D eigenvalue weighted by Crippen LogP contribution is -2.52. The van der Waals surface area contributed by atoms with Crippen molar-refractivity contribution >= 4 is 28.0 Å². The number of halogens is 3. The lowest BCUT2D eigenvalue weighted by atomic mass is 9.92. The molecule has 0 radical (unpaired) electrons. The van der Waals surface area contributed by atoms with E-state index in [1.807, 2.05) is 0 Å². The van der Waals surface area contributed by atoms with Gasteiger partial charge in [0, 0.05) is 30.5 Å². The number of methoxy groups -OCH3 is 2. The fourth-order valence-electron chi connectivity index (χ4n) is 3.98. The van der Waals surface area contributed by atoms with Gasteiger partial charge in [0.05, 0.1) is 30.9 Å². The van der Waals surface area contributed by atoms with Crippen molar-refractivity contribution in [3.8, 4) is 11.5 Å². The third-order valence-corrected chi connectivity index (χ3v) is 5.80. The molecule has 0 bridgehead atoms. The van der Waals surface area contributed by atoms with Crippen LogP contribution < -0.4 is 9.47 Å². The number of rotatable bonds is 9. The summed E-state index contributed by atoms with van der Waals surface area (Å²) in [6.07, 6.45) is -4.24. The molecule has 4 rings (SSSR count). The molecule has 2 heterocycles. The molecule has 4 aromatic rings. The van der Waals surface area contributed by atoms with Crippen molar-refractivity contribution in [2.24, 2.45) is 0 Å². The van der Waals surface area contributed by atoms with E-state index in [-0.39, 0.29) is 18.6 Å². The number of carbonyl (C=O) groups excluding carboxylic acids is 1. The molecule has 2 aromatic carbocycles. The van der Waals surface area contributed by atoms with E-state index in [0.29, 0.717) is 22.7 Å². The zero-order valence-electron chi connectivity index (χ0n) is 19.8. The Kier molecular flexibility index (Phi) is 7.07. The van der Waals surface area contributed by atoms with Crippen molar-refractivity contribution in [2.75, 3.05) is 20.8 Å².